The summed E-state index contributed by atoms with van der Waals surface area (Å²) < 4.78 is 5.22. The van der Waals surface area contributed by atoms with Crippen molar-refractivity contribution < 1.29 is 14.0 Å². The van der Waals surface area contributed by atoms with Gasteiger partial charge in [0.1, 0.15) is 12.0 Å². The molecule has 7 nitrogen and oxygen atoms in total. The van der Waals surface area contributed by atoms with E-state index in [1.54, 1.807) is 11.0 Å². The highest BCUT2D eigenvalue weighted by atomic mass is 35.5. The summed E-state index contributed by atoms with van der Waals surface area (Å²) >= 11 is 0. The van der Waals surface area contributed by atoms with E-state index in [-0.39, 0.29) is 43.2 Å². The Morgan fingerprint density at radius 2 is 1.76 bits per heavy atom. The maximum absolute atomic E-state index is 12.4. The van der Waals surface area contributed by atoms with Gasteiger partial charge in [-0.1, -0.05) is 0 Å². The summed E-state index contributed by atoms with van der Waals surface area (Å²) in [5.74, 6) is 0.720. The van der Waals surface area contributed by atoms with Crippen molar-refractivity contribution in [1.82, 2.24) is 14.7 Å². The molecule has 0 radical (unpaired) electrons. The maximum atomic E-state index is 12.4. The highest BCUT2D eigenvalue weighted by molar-refractivity contribution is 5.94. The van der Waals surface area contributed by atoms with Crippen LogP contribution in [0, 0.1) is 0 Å². The Morgan fingerprint density at radius 1 is 1.16 bits per heavy atom. The molecule has 1 fully saturated rings. The molecule has 0 aliphatic carbocycles. The molecule has 2 rings (SSSR count). The molecule has 0 bridgehead atoms. The molecule has 1 aromatic rings. The van der Waals surface area contributed by atoms with Gasteiger partial charge in [-0.15, -0.1) is 24.8 Å². The third-order valence-electron chi connectivity index (χ3n) is 4.24. The summed E-state index contributed by atoms with van der Waals surface area (Å²) in [5.41, 5.74) is 6.03. The Hall–Kier alpha value is -1.28. The number of halogens is 2. The van der Waals surface area contributed by atoms with Crippen LogP contribution in [0.5, 0.6) is 0 Å². The SMILES string of the molecule is CCN(CC)C(=O)CN1CCN(C(=O)c2coc(CN)c2)CC1.Cl.Cl. The van der Waals surface area contributed by atoms with Crippen LogP contribution in [0.4, 0.5) is 0 Å². The van der Waals surface area contributed by atoms with E-state index in [4.69, 9.17) is 10.2 Å². The predicted molar refractivity (Wildman–Crippen MR) is 101 cm³/mol. The number of carbonyl (C=O) groups is 2. The molecule has 1 aliphatic heterocycles. The van der Waals surface area contributed by atoms with E-state index in [0.29, 0.717) is 44.0 Å². The Morgan fingerprint density at radius 3 is 2.24 bits per heavy atom. The van der Waals surface area contributed by atoms with Crippen LogP contribution in [-0.2, 0) is 11.3 Å². The molecular formula is C16H28Cl2N4O3. The Bertz CT molecular complexity index is 541. The van der Waals surface area contributed by atoms with Gasteiger partial charge in [0.2, 0.25) is 5.91 Å². The van der Waals surface area contributed by atoms with Gasteiger partial charge in [0, 0.05) is 39.3 Å². The van der Waals surface area contributed by atoms with Gasteiger partial charge in [0.25, 0.3) is 5.91 Å². The summed E-state index contributed by atoms with van der Waals surface area (Å²) in [6, 6.07) is 1.69. The number of carbonyl (C=O) groups excluding carboxylic acids is 2. The summed E-state index contributed by atoms with van der Waals surface area (Å²) in [4.78, 5) is 30.2. The molecule has 0 spiro atoms. The van der Waals surface area contributed by atoms with Crippen LogP contribution in [-0.4, -0.2) is 72.3 Å². The fraction of sp³-hybridized carbons (Fsp3) is 0.625. The molecule has 9 heteroatoms. The molecule has 0 atom stereocenters. The van der Waals surface area contributed by atoms with Crippen LogP contribution >= 0.6 is 24.8 Å². The minimum Gasteiger partial charge on any atom is -0.467 e. The van der Waals surface area contributed by atoms with Crippen LogP contribution < -0.4 is 5.73 Å². The summed E-state index contributed by atoms with van der Waals surface area (Å²) in [5, 5.41) is 0. The average Bonchev–Trinajstić information content (AvgIpc) is 3.05. The summed E-state index contributed by atoms with van der Waals surface area (Å²) in [7, 11) is 0. The lowest BCUT2D eigenvalue weighted by Gasteiger charge is -2.35. The van der Waals surface area contributed by atoms with Crippen molar-refractivity contribution in [2.24, 2.45) is 5.73 Å². The molecule has 2 amide bonds. The number of likely N-dealkylation sites (N-methyl/N-ethyl adjacent to an activating group) is 1. The van der Waals surface area contributed by atoms with E-state index in [1.165, 1.54) is 6.26 Å². The highest BCUT2D eigenvalue weighted by Crippen LogP contribution is 2.12. The minimum atomic E-state index is -0.0387. The molecular weight excluding hydrogens is 367 g/mol. The first-order valence-corrected chi connectivity index (χ1v) is 8.15. The zero-order valence-electron chi connectivity index (χ0n) is 14.8. The second kappa shape index (κ2) is 11.4. The molecule has 1 saturated heterocycles. The number of piperazine rings is 1. The third kappa shape index (κ3) is 6.18. The van der Waals surface area contributed by atoms with Gasteiger partial charge < -0.3 is 20.0 Å². The first kappa shape index (κ1) is 23.7. The third-order valence-corrected chi connectivity index (χ3v) is 4.24. The van der Waals surface area contributed by atoms with Crippen molar-refractivity contribution in [2.75, 3.05) is 45.8 Å². The lowest BCUT2D eigenvalue weighted by atomic mass is 10.2. The van der Waals surface area contributed by atoms with Gasteiger partial charge in [-0.3, -0.25) is 14.5 Å². The first-order valence-electron chi connectivity index (χ1n) is 8.15. The monoisotopic (exact) mass is 394 g/mol. The van der Waals surface area contributed by atoms with Gasteiger partial charge in [-0.2, -0.15) is 0 Å². The van der Waals surface area contributed by atoms with E-state index in [2.05, 4.69) is 4.90 Å². The second-order valence-electron chi connectivity index (χ2n) is 5.64. The van der Waals surface area contributed by atoms with Gasteiger partial charge >= 0.3 is 0 Å². The van der Waals surface area contributed by atoms with Crippen LogP contribution in [0.3, 0.4) is 0 Å². The maximum Gasteiger partial charge on any atom is 0.257 e. The quantitative estimate of drug-likeness (QED) is 0.783. The summed E-state index contributed by atoms with van der Waals surface area (Å²) in [6.07, 6.45) is 1.46. The number of furan rings is 1. The van der Waals surface area contributed by atoms with Crippen molar-refractivity contribution in [3.05, 3.63) is 23.7 Å². The standard InChI is InChI=1S/C16H26N4O3.2ClH/c1-3-19(4-2)15(21)11-18-5-7-20(8-6-18)16(22)13-9-14(10-17)23-12-13;;/h9,12H,3-8,10-11,17H2,1-2H3;2*1H. The predicted octanol–water partition coefficient (Wildman–Crippen LogP) is 1.21. The van der Waals surface area contributed by atoms with Crippen LogP contribution in [0.1, 0.15) is 30.0 Å². The van der Waals surface area contributed by atoms with Crippen molar-refractivity contribution >= 4 is 36.6 Å². The molecule has 1 aromatic heterocycles. The molecule has 25 heavy (non-hydrogen) atoms. The smallest absolute Gasteiger partial charge is 0.257 e. The zero-order chi connectivity index (χ0) is 16.8. The molecule has 0 unspecified atom stereocenters. The van der Waals surface area contributed by atoms with Gasteiger partial charge in [-0.25, -0.2) is 0 Å². The van der Waals surface area contributed by atoms with Crippen LogP contribution in [0.15, 0.2) is 16.7 Å². The zero-order valence-corrected chi connectivity index (χ0v) is 16.4. The van der Waals surface area contributed by atoms with Crippen molar-refractivity contribution in [2.45, 2.75) is 20.4 Å². The number of hydrogen-bond donors (Lipinski definition) is 1. The van der Waals surface area contributed by atoms with E-state index >= 15 is 0 Å². The Labute approximate surface area is 161 Å². The lowest BCUT2D eigenvalue weighted by Crippen LogP contribution is -2.51. The van der Waals surface area contributed by atoms with E-state index in [1.807, 2.05) is 18.7 Å². The van der Waals surface area contributed by atoms with Gasteiger partial charge in [-0.05, 0) is 19.9 Å². The number of nitrogens with two attached hydrogens (primary N) is 1. The fourth-order valence-electron chi connectivity index (χ4n) is 2.76. The normalized spacial score (nSPS) is 14.4. The van der Waals surface area contributed by atoms with E-state index in [9.17, 15) is 9.59 Å². The van der Waals surface area contributed by atoms with Gasteiger partial charge in [0.05, 0.1) is 18.7 Å². The van der Waals surface area contributed by atoms with Gasteiger partial charge in [0.15, 0.2) is 0 Å². The number of amides is 2. The van der Waals surface area contributed by atoms with E-state index < -0.39 is 0 Å². The van der Waals surface area contributed by atoms with Crippen LogP contribution in [0.2, 0.25) is 0 Å². The number of nitrogens with zero attached hydrogens (tertiary/aromatic N) is 3. The molecule has 2 heterocycles. The molecule has 0 aromatic carbocycles. The average molecular weight is 395 g/mol. The van der Waals surface area contributed by atoms with Crippen molar-refractivity contribution in [3.8, 4) is 0 Å². The lowest BCUT2D eigenvalue weighted by molar-refractivity contribution is -0.132. The minimum absolute atomic E-state index is 0. The van der Waals surface area contributed by atoms with Crippen molar-refractivity contribution in [1.29, 1.82) is 0 Å². The molecule has 1 aliphatic rings. The molecule has 144 valence electrons. The molecule has 2 N–H and O–H groups in total. The summed E-state index contributed by atoms with van der Waals surface area (Å²) in [6.45, 7) is 8.80. The van der Waals surface area contributed by atoms with Crippen LogP contribution in [0.25, 0.3) is 0 Å². The Kier molecular flexibility index (Phi) is 10.8. The van der Waals surface area contributed by atoms with Crippen molar-refractivity contribution in [3.63, 3.8) is 0 Å². The highest BCUT2D eigenvalue weighted by Gasteiger charge is 2.25. The Balaban J connectivity index is 0.00000288. The second-order valence-corrected chi connectivity index (χ2v) is 5.64. The first-order chi connectivity index (χ1) is 11.1. The largest absolute Gasteiger partial charge is 0.467 e. The van der Waals surface area contributed by atoms with E-state index in [0.717, 1.165) is 13.1 Å². The number of hydrogen-bond acceptors (Lipinski definition) is 5. The number of rotatable bonds is 6. The molecule has 0 saturated carbocycles. The topological polar surface area (TPSA) is 83.0 Å². The fourth-order valence-corrected chi connectivity index (χ4v) is 2.76.